The van der Waals surface area contributed by atoms with Gasteiger partial charge in [0.1, 0.15) is 5.75 Å². The number of hydrogen-bond donors (Lipinski definition) is 0. The van der Waals surface area contributed by atoms with Crippen molar-refractivity contribution in [3.05, 3.63) is 59.7 Å². The van der Waals surface area contributed by atoms with E-state index in [2.05, 4.69) is 0 Å². The first kappa shape index (κ1) is 21.3. The van der Waals surface area contributed by atoms with Crippen LogP contribution in [-0.4, -0.2) is 51.0 Å². The van der Waals surface area contributed by atoms with Crippen LogP contribution in [0.2, 0.25) is 0 Å². The molecule has 1 aliphatic rings. The molecule has 1 fully saturated rings. The second-order valence-corrected chi connectivity index (χ2v) is 8.72. The molecule has 0 aliphatic carbocycles. The van der Waals surface area contributed by atoms with Gasteiger partial charge in [-0.1, -0.05) is 22.7 Å². The van der Waals surface area contributed by atoms with Gasteiger partial charge in [0.2, 0.25) is 0 Å². The van der Waals surface area contributed by atoms with Crippen LogP contribution >= 0.6 is 0 Å². The molecule has 1 heterocycles. The minimum Gasteiger partial charge on any atom is -0.494 e. The molecule has 0 spiro atoms. The lowest BCUT2D eigenvalue weighted by atomic mass is 10.0. The lowest BCUT2D eigenvalue weighted by molar-refractivity contribution is -0.0258. The topological polar surface area (TPSA) is 76.2 Å². The standard InChI is InChI=1S/C21H26N2O5S/c1-4-28-18-12-10-16(11-13-18)20-9-6-14-23(20)21(24)17-7-5-8-19(15-17)29(25,26)22(2)27-3/h5,7-8,10-13,15,20H,4,6,9,14H2,1-3H3. The maximum atomic E-state index is 13.2. The summed E-state index contributed by atoms with van der Waals surface area (Å²) in [5, 5.41) is 0. The summed E-state index contributed by atoms with van der Waals surface area (Å²) in [5.74, 6) is 0.616. The number of amides is 1. The molecule has 1 amide bonds. The maximum absolute atomic E-state index is 13.2. The van der Waals surface area contributed by atoms with Crippen LogP contribution in [0.1, 0.15) is 41.7 Å². The van der Waals surface area contributed by atoms with Gasteiger partial charge in [0.15, 0.2) is 0 Å². The highest BCUT2D eigenvalue weighted by atomic mass is 32.2. The predicted molar refractivity (Wildman–Crippen MR) is 109 cm³/mol. The van der Waals surface area contributed by atoms with E-state index in [4.69, 9.17) is 9.57 Å². The van der Waals surface area contributed by atoms with Crippen molar-refractivity contribution in [1.29, 1.82) is 0 Å². The van der Waals surface area contributed by atoms with E-state index in [1.807, 2.05) is 31.2 Å². The number of carbonyl (C=O) groups excluding carboxylic acids is 1. The van der Waals surface area contributed by atoms with Crippen LogP contribution in [0, 0.1) is 0 Å². The van der Waals surface area contributed by atoms with Gasteiger partial charge < -0.3 is 9.64 Å². The fraction of sp³-hybridized carbons (Fsp3) is 0.381. The van der Waals surface area contributed by atoms with E-state index in [-0.39, 0.29) is 16.8 Å². The van der Waals surface area contributed by atoms with E-state index < -0.39 is 10.0 Å². The molecule has 3 rings (SSSR count). The zero-order chi connectivity index (χ0) is 21.0. The van der Waals surface area contributed by atoms with Crippen LogP contribution in [-0.2, 0) is 14.9 Å². The van der Waals surface area contributed by atoms with Gasteiger partial charge in [-0.15, -0.1) is 0 Å². The zero-order valence-corrected chi connectivity index (χ0v) is 17.7. The van der Waals surface area contributed by atoms with E-state index in [0.717, 1.165) is 28.6 Å². The molecule has 2 aromatic carbocycles. The number of ether oxygens (including phenoxy) is 1. The van der Waals surface area contributed by atoms with E-state index in [1.54, 1.807) is 17.0 Å². The Bertz CT molecular complexity index is 959. The fourth-order valence-electron chi connectivity index (χ4n) is 3.51. The molecule has 2 aromatic rings. The van der Waals surface area contributed by atoms with E-state index in [9.17, 15) is 13.2 Å². The molecule has 1 unspecified atom stereocenters. The SMILES string of the molecule is CCOc1ccc(C2CCCN2C(=O)c2cccc(S(=O)(=O)N(C)OC)c2)cc1. The van der Waals surface area contributed by atoms with Gasteiger partial charge in [0, 0.05) is 19.2 Å². The summed E-state index contributed by atoms with van der Waals surface area (Å²) in [4.78, 5) is 19.8. The van der Waals surface area contributed by atoms with Crippen LogP contribution in [0.3, 0.4) is 0 Å². The Morgan fingerprint density at radius 1 is 1.21 bits per heavy atom. The van der Waals surface area contributed by atoms with Crippen LogP contribution < -0.4 is 4.74 Å². The first-order valence-corrected chi connectivity index (χ1v) is 11.0. The molecule has 0 aromatic heterocycles. The smallest absolute Gasteiger partial charge is 0.264 e. The second kappa shape index (κ2) is 8.94. The number of carbonyl (C=O) groups is 1. The third kappa shape index (κ3) is 4.44. The number of nitrogens with zero attached hydrogens (tertiary/aromatic N) is 2. The molecule has 29 heavy (non-hydrogen) atoms. The Morgan fingerprint density at radius 3 is 2.59 bits per heavy atom. The molecule has 0 N–H and O–H groups in total. The number of hydrogen-bond acceptors (Lipinski definition) is 5. The molecule has 1 saturated heterocycles. The summed E-state index contributed by atoms with van der Waals surface area (Å²) in [6.45, 7) is 3.17. The van der Waals surface area contributed by atoms with Crippen LogP contribution in [0.4, 0.5) is 0 Å². The first-order chi connectivity index (χ1) is 13.9. The molecule has 0 radical (unpaired) electrons. The number of likely N-dealkylation sites (tertiary alicyclic amines) is 1. The monoisotopic (exact) mass is 418 g/mol. The van der Waals surface area contributed by atoms with Crippen molar-refractivity contribution < 1.29 is 22.8 Å². The van der Waals surface area contributed by atoms with Crippen molar-refractivity contribution >= 4 is 15.9 Å². The molecular weight excluding hydrogens is 392 g/mol. The van der Waals surface area contributed by atoms with Gasteiger partial charge in [-0.3, -0.25) is 9.63 Å². The van der Waals surface area contributed by atoms with Crippen molar-refractivity contribution in [2.45, 2.75) is 30.7 Å². The second-order valence-electron chi connectivity index (χ2n) is 6.78. The van der Waals surface area contributed by atoms with E-state index in [1.165, 1.54) is 26.3 Å². The molecule has 0 saturated carbocycles. The third-order valence-electron chi connectivity index (χ3n) is 5.06. The van der Waals surface area contributed by atoms with Gasteiger partial charge >= 0.3 is 0 Å². The highest BCUT2D eigenvalue weighted by Gasteiger charge is 2.31. The normalized spacial score (nSPS) is 17.0. The molecule has 1 aliphatic heterocycles. The maximum Gasteiger partial charge on any atom is 0.264 e. The quantitative estimate of drug-likeness (QED) is 0.645. The van der Waals surface area contributed by atoms with Crippen LogP contribution in [0.5, 0.6) is 5.75 Å². The van der Waals surface area contributed by atoms with Gasteiger partial charge in [-0.05, 0) is 55.7 Å². The zero-order valence-electron chi connectivity index (χ0n) is 16.9. The Hall–Kier alpha value is -2.42. The van der Waals surface area contributed by atoms with Gasteiger partial charge in [-0.2, -0.15) is 0 Å². The van der Waals surface area contributed by atoms with Crippen LogP contribution in [0.25, 0.3) is 0 Å². The average molecular weight is 419 g/mol. The van der Waals surface area contributed by atoms with E-state index in [0.29, 0.717) is 18.7 Å². The molecule has 0 bridgehead atoms. The molecule has 156 valence electrons. The van der Waals surface area contributed by atoms with Gasteiger partial charge in [-0.25, -0.2) is 8.42 Å². The Labute approximate surface area is 171 Å². The van der Waals surface area contributed by atoms with Crippen molar-refractivity contribution in [2.75, 3.05) is 27.3 Å². The number of hydroxylamine groups is 1. The summed E-state index contributed by atoms with van der Waals surface area (Å²) < 4.78 is 31.3. The number of sulfonamides is 1. The van der Waals surface area contributed by atoms with Crippen molar-refractivity contribution in [1.82, 2.24) is 9.37 Å². The Balaban J connectivity index is 1.85. The minimum absolute atomic E-state index is 0.0181. The molecular formula is C21H26N2O5S. The number of benzene rings is 2. The Kier molecular flexibility index (Phi) is 6.56. The summed E-state index contributed by atoms with van der Waals surface area (Å²) in [7, 11) is -1.23. The lowest BCUT2D eigenvalue weighted by Crippen LogP contribution is -2.31. The van der Waals surface area contributed by atoms with Crippen molar-refractivity contribution in [2.24, 2.45) is 0 Å². The first-order valence-electron chi connectivity index (χ1n) is 9.55. The fourth-order valence-corrected chi connectivity index (χ4v) is 4.53. The van der Waals surface area contributed by atoms with Gasteiger partial charge in [0.25, 0.3) is 15.9 Å². The predicted octanol–water partition coefficient (Wildman–Crippen LogP) is 3.24. The summed E-state index contributed by atoms with van der Waals surface area (Å²) in [6.07, 6.45) is 1.76. The Morgan fingerprint density at radius 2 is 1.93 bits per heavy atom. The highest BCUT2D eigenvalue weighted by molar-refractivity contribution is 7.89. The number of rotatable bonds is 7. The van der Waals surface area contributed by atoms with Crippen molar-refractivity contribution in [3.63, 3.8) is 0 Å². The highest BCUT2D eigenvalue weighted by Crippen LogP contribution is 2.34. The van der Waals surface area contributed by atoms with Gasteiger partial charge in [0.05, 0.1) is 24.7 Å². The minimum atomic E-state index is -3.82. The molecule has 8 heteroatoms. The van der Waals surface area contributed by atoms with Crippen molar-refractivity contribution in [3.8, 4) is 5.75 Å². The third-order valence-corrected chi connectivity index (χ3v) is 6.74. The largest absolute Gasteiger partial charge is 0.494 e. The lowest BCUT2D eigenvalue weighted by Gasteiger charge is -2.25. The molecule has 1 atom stereocenters. The average Bonchev–Trinajstić information content (AvgIpc) is 3.23. The summed E-state index contributed by atoms with van der Waals surface area (Å²) >= 11 is 0. The van der Waals surface area contributed by atoms with E-state index >= 15 is 0 Å². The summed E-state index contributed by atoms with van der Waals surface area (Å²) in [6, 6.07) is 13.8. The van der Waals surface area contributed by atoms with Crippen LogP contribution in [0.15, 0.2) is 53.4 Å². The summed E-state index contributed by atoms with van der Waals surface area (Å²) in [5.41, 5.74) is 1.38. The molecule has 7 nitrogen and oxygen atoms in total.